The van der Waals surface area contributed by atoms with E-state index in [9.17, 15) is 0 Å². The fraction of sp³-hybridized carbons (Fsp3) is 0.700. The highest BCUT2D eigenvalue weighted by molar-refractivity contribution is 4.95. The predicted octanol–water partition coefficient (Wildman–Crippen LogP) is 2.31. The first-order valence-corrected chi connectivity index (χ1v) is 4.06. The number of nitrogens with zero attached hydrogens (tertiary/aromatic N) is 1. The van der Waals surface area contributed by atoms with Gasteiger partial charge in [-0.25, -0.2) is 0 Å². The molecule has 0 heterocycles. The molecule has 0 aromatic heterocycles. The number of allylic oxidation sites excluding steroid dienone is 1. The summed E-state index contributed by atoms with van der Waals surface area (Å²) in [7, 11) is 4.20. The molecule has 0 fully saturated rings. The molecule has 0 aliphatic heterocycles. The molecule has 11 heavy (non-hydrogen) atoms. The Morgan fingerprint density at radius 3 is 2.45 bits per heavy atom. The second kappa shape index (κ2) is 5.17. The zero-order valence-corrected chi connectivity index (χ0v) is 8.15. The summed E-state index contributed by atoms with van der Waals surface area (Å²) >= 11 is 0. The van der Waals surface area contributed by atoms with Crippen LogP contribution in [0.5, 0.6) is 0 Å². The molecule has 0 radical (unpaired) electrons. The number of rotatable bonds is 4. The Kier molecular flexibility index (Phi) is 4.93. The summed E-state index contributed by atoms with van der Waals surface area (Å²) in [6.07, 6.45) is 1.11. The lowest BCUT2D eigenvalue weighted by Crippen LogP contribution is -2.19. The topological polar surface area (TPSA) is 3.24 Å². The van der Waals surface area contributed by atoms with Crippen molar-refractivity contribution in [3.8, 4) is 0 Å². The van der Waals surface area contributed by atoms with Gasteiger partial charge in [0.25, 0.3) is 0 Å². The fourth-order valence-corrected chi connectivity index (χ4v) is 1.28. The van der Waals surface area contributed by atoms with E-state index in [4.69, 9.17) is 0 Å². The highest BCUT2D eigenvalue weighted by Crippen LogP contribution is 2.09. The van der Waals surface area contributed by atoms with Crippen molar-refractivity contribution in [2.24, 2.45) is 5.92 Å². The van der Waals surface area contributed by atoms with E-state index in [1.54, 1.807) is 0 Å². The van der Waals surface area contributed by atoms with Gasteiger partial charge in [-0.15, -0.1) is 5.73 Å². The van der Waals surface area contributed by atoms with E-state index in [1.807, 2.05) is 0 Å². The molecule has 1 unspecified atom stereocenters. The normalized spacial score (nSPS) is 12.8. The minimum Gasteiger partial charge on any atom is -0.309 e. The Bertz CT molecular complexity index is 152. The lowest BCUT2D eigenvalue weighted by atomic mass is 10.0. The minimum absolute atomic E-state index is 0.708. The van der Waals surface area contributed by atoms with E-state index in [2.05, 4.69) is 45.2 Å². The summed E-state index contributed by atoms with van der Waals surface area (Å²) < 4.78 is 0. The van der Waals surface area contributed by atoms with Gasteiger partial charge in [0.05, 0.1) is 0 Å². The van der Waals surface area contributed by atoms with Gasteiger partial charge in [-0.05, 0) is 38.9 Å². The molecule has 64 valence electrons. The monoisotopic (exact) mass is 153 g/mol. The van der Waals surface area contributed by atoms with E-state index >= 15 is 0 Å². The van der Waals surface area contributed by atoms with Crippen LogP contribution in [0.15, 0.2) is 17.9 Å². The fourth-order valence-electron chi connectivity index (χ4n) is 1.28. The predicted molar refractivity (Wildman–Crippen MR) is 50.7 cm³/mol. The second-order valence-corrected chi connectivity index (χ2v) is 3.53. The van der Waals surface area contributed by atoms with Gasteiger partial charge in [0.1, 0.15) is 0 Å². The molecule has 0 aromatic carbocycles. The van der Waals surface area contributed by atoms with Crippen LogP contribution in [0, 0.1) is 5.92 Å². The molecule has 1 heteroatoms. The molecule has 0 saturated heterocycles. The van der Waals surface area contributed by atoms with Gasteiger partial charge in [-0.2, -0.15) is 0 Å². The van der Waals surface area contributed by atoms with E-state index < -0.39 is 0 Å². The summed E-state index contributed by atoms with van der Waals surface area (Å²) in [5.41, 5.74) is 4.18. The molecule has 0 N–H and O–H groups in total. The summed E-state index contributed by atoms with van der Waals surface area (Å²) in [6.45, 7) is 9.09. The van der Waals surface area contributed by atoms with Crippen molar-refractivity contribution in [2.45, 2.75) is 20.3 Å². The zero-order chi connectivity index (χ0) is 8.85. The molecule has 0 aromatic rings. The minimum atomic E-state index is 0.708. The van der Waals surface area contributed by atoms with Crippen LogP contribution in [0.2, 0.25) is 0 Å². The molecule has 1 nitrogen and oxygen atoms in total. The van der Waals surface area contributed by atoms with Crippen LogP contribution < -0.4 is 0 Å². The molecule has 0 spiro atoms. The van der Waals surface area contributed by atoms with Gasteiger partial charge < -0.3 is 4.90 Å². The standard InChI is InChI=1S/C10H19N/c1-6-9(2)7-10(3)8-11(4)5/h10H,1,7-8H2,2-5H3. The van der Waals surface area contributed by atoms with Gasteiger partial charge in [0.2, 0.25) is 0 Å². The third-order valence-electron chi connectivity index (χ3n) is 1.63. The van der Waals surface area contributed by atoms with Crippen molar-refractivity contribution in [3.63, 3.8) is 0 Å². The largest absolute Gasteiger partial charge is 0.309 e. The average Bonchev–Trinajstić information content (AvgIpc) is 1.85. The van der Waals surface area contributed by atoms with Gasteiger partial charge >= 0.3 is 0 Å². The quantitative estimate of drug-likeness (QED) is 0.560. The molecule has 0 amide bonds. The van der Waals surface area contributed by atoms with E-state index in [0.29, 0.717) is 5.92 Å². The first-order chi connectivity index (χ1) is 5.06. The van der Waals surface area contributed by atoms with E-state index in [-0.39, 0.29) is 0 Å². The Morgan fingerprint density at radius 2 is 2.09 bits per heavy atom. The molecular weight excluding hydrogens is 134 g/mol. The van der Waals surface area contributed by atoms with Crippen LogP contribution in [-0.2, 0) is 0 Å². The van der Waals surface area contributed by atoms with Crippen molar-refractivity contribution >= 4 is 0 Å². The second-order valence-electron chi connectivity index (χ2n) is 3.53. The zero-order valence-electron chi connectivity index (χ0n) is 8.15. The van der Waals surface area contributed by atoms with E-state index in [1.165, 1.54) is 5.57 Å². The third-order valence-corrected chi connectivity index (χ3v) is 1.63. The maximum absolute atomic E-state index is 3.62. The third kappa shape index (κ3) is 5.90. The molecule has 0 aliphatic carbocycles. The molecule has 0 aliphatic rings. The SMILES string of the molecule is C=C=C(C)CC(C)CN(C)C. The molecule has 1 atom stereocenters. The van der Waals surface area contributed by atoms with Crippen LogP contribution >= 0.6 is 0 Å². The number of hydrogen-bond acceptors (Lipinski definition) is 1. The maximum atomic E-state index is 3.62. The Hall–Kier alpha value is -0.520. The van der Waals surface area contributed by atoms with Gasteiger partial charge in [-0.3, -0.25) is 0 Å². The van der Waals surface area contributed by atoms with E-state index in [0.717, 1.165) is 13.0 Å². The maximum Gasteiger partial charge on any atom is 0.000420 e. The number of hydrogen-bond donors (Lipinski definition) is 0. The van der Waals surface area contributed by atoms with Crippen molar-refractivity contribution in [2.75, 3.05) is 20.6 Å². The Morgan fingerprint density at radius 1 is 1.55 bits per heavy atom. The smallest absolute Gasteiger partial charge is 0.000420 e. The van der Waals surface area contributed by atoms with Crippen molar-refractivity contribution in [1.82, 2.24) is 4.90 Å². The van der Waals surface area contributed by atoms with Crippen molar-refractivity contribution in [3.05, 3.63) is 17.9 Å². The van der Waals surface area contributed by atoms with Crippen LogP contribution in [0.1, 0.15) is 20.3 Å². The lowest BCUT2D eigenvalue weighted by Gasteiger charge is -2.16. The average molecular weight is 153 g/mol. The van der Waals surface area contributed by atoms with Gasteiger partial charge in [0.15, 0.2) is 0 Å². The Labute approximate surface area is 70.4 Å². The summed E-state index contributed by atoms with van der Waals surface area (Å²) in [6, 6.07) is 0. The molecule has 0 saturated carbocycles. The molecule has 0 bridgehead atoms. The van der Waals surface area contributed by atoms with Crippen molar-refractivity contribution < 1.29 is 0 Å². The Balaban J connectivity index is 3.69. The van der Waals surface area contributed by atoms with Gasteiger partial charge in [0, 0.05) is 6.54 Å². The summed E-state index contributed by atoms with van der Waals surface area (Å²) in [4.78, 5) is 2.21. The first kappa shape index (κ1) is 10.5. The van der Waals surface area contributed by atoms with Crippen LogP contribution in [-0.4, -0.2) is 25.5 Å². The van der Waals surface area contributed by atoms with Crippen LogP contribution in [0.3, 0.4) is 0 Å². The first-order valence-electron chi connectivity index (χ1n) is 4.06. The van der Waals surface area contributed by atoms with Crippen LogP contribution in [0.25, 0.3) is 0 Å². The summed E-state index contributed by atoms with van der Waals surface area (Å²) in [5, 5.41) is 0. The highest BCUT2D eigenvalue weighted by atomic mass is 15.1. The molecular formula is C10H19N. The van der Waals surface area contributed by atoms with Gasteiger partial charge in [-0.1, -0.05) is 13.5 Å². The lowest BCUT2D eigenvalue weighted by molar-refractivity contribution is 0.338. The highest BCUT2D eigenvalue weighted by Gasteiger charge is 2.03. The summed E-state index contributed by atoms with van der Waals surface area (Å²) in [5.74, 6) is 0.708. The van der Waals surface area contributed by atoms with Crippen LogP contribution in [0.4, 0.5) is 0 Å². The molecule has 0 rings (SSSR count). The van der Waals surface area contributed by atoms with Crippen molar-refractivity contribution in [1.29, 1.82) is 0 Å².